The van der Waals surface area contributed by atoms with Crippen molar-refractivity contribution in [2.24, 2.45) is 23.7 Å². The summed E-state index contributed by atoms with van der Waals surface area (Å²) in [6, 6.07) is 0. The summed E-state index contributed by atoms with van der Waals surface area (Å²) in [5.74, 6) is 1.20. The van der Waals surface area contributed by atoms with Gasteiger partial charge in [0.2, 0.25) is 0 Å². The van der Waals surface area contributed by atoms with Crippen LogP contribution in [0.5, 0.6) is 0 Å². The first-order valence-electron chi connectivity index (χ1n) is 17.3. The first kappa shape index (κ1) is 30.3. The molecule has 40 heavy (non-hydrogen) atoms. The predicted octanol–water partition coefficient (Wildman–Crippen LogP) is 7.70. The lowest BCUT2D eigenvalue weighted by Crippen LogP contribution is -2.41. The predicted molar refractivity (Wildman–Crippen MR) is 155 cm³/mol. The first-order valence-corrected chi connectivity index (χ1v) is 17.3. The first-order chi connectivity index (χ1) is 19.6. The van der Waals surface area contributed by atoms with E-state index in [0.29, 0.717) is 12.2 Å². The van der Waals surface area contributed by atoms with E-state index in [1.54, 1.807) is 0 Å². The van der Waals surface area contributed by atoms with Crippen LogP contribution in [0.4, 0.5) is 0 Å². The number of carbonyl (C=O) groups excluding carboxylic acids is 2. The molecule has 0 bridgehead atoms. The number of hydrogen-bond donors (Lipinski definition) is 0. The van der Waals surface area contributed by atoms with Gasteiger partial charge in [0.25, 0.3) is 0 Å². The van der Waals surface area contributed by atoms with E-state index in [9.17, 15) is 9.59 Å². The largest absolute Gasteiger partial charge is 0.458 e. The van der Waals surface area contributed by atoms with Crippen molar-refractivity contribution in [2.45, 2.75) is 166 Å². The van der Waals surface area contributed by atoms with Crippen molar-refractivity contribution in [1.82, 2.24) is 0 Å². The second-order valence-electron chi connectivity index (χ2n) is 13.9. The smallest absolute Gasteiger partial charge is 0.309 e. The van der Waals surface area contributed by atoms with Gasteiger partial charge in [0.15, 0.2) is 0 Å². The topological polar surface area (TPSA) is 71.1 Å². The van der Waals surface area contributed by atoms with Crippen molar-refractivity contribution in [2.75, 3.05) is 13.2 Å². The summed E-state index contributed by atoms with van der Waals surface area (Å²) in [7, 11) is 0. The summed E-state index contributed by atoms with van der Waals surface area (Å²) in [5.41, 5.74) is 0. The molecule has 0 spiro atoms. The van der Waals surface area contributed by atoms with Gasteiger partial charge < -0.3 is 18.9 Å². The van der Waals surface area contributed by atoms with E-state index in [4.69, 9.17) is 18.9 Å². The minimum Gasteiger partial charge on any atom is -0.458 e. The molecule has 5 aliphatic carbocycles. The number of carbonyl (C=O) groups is 2. The number of esters is 2. The SMILES string of the molecule is O=C(OC1CCCCC1OC(=O)C1CCC(OCC2CCCCC2)CC1)C1CCC(OCC2CCCCC2)CC1. The van der Waals surface area contributed by atoms with Crippen LogP contribution >= 0.6 is 0 Å². The van der Waals surface area contributed by atoms with Crippen molar-refractivity contribution < 1.29 is 28.5 Å². The van der Waals surface area contributed by atoms with Gasteiger partial charge in [0.05, 0.1) is 24.0 Å². The molecule has 5 rings (SSSR count). The molecule has 6 heteroatoms. The minimum atomic E-state index is -0.291. The zero-order chi connectivity index (χ0) is 27.6. The van der Waals surface area contributed by atoms with Gasteiger partial charge in [-0.2, -0.15) is 0 Å². The van der Waals surface area contributed by atoms with E-state index in [0.717, 1.165) is 102 Å². The minimum absolute atomic E-state index is 0.0447. The van der Waals surface area contributed by atoms with Crippen LogP contribution in [0.15, 0.2) is 0 Å². The molecule has 2 atom stereocenters. The highest BCUT2D eigenvalue weighted by Crippen LogP contribution is 2.34. The van der Waals surface area contributed by atoms with E-state index >= 15 is 0 Å². The lowest BCUT2D eigenvalue weighted by molar-refractivity contribution is -0.179. The molecule has 0 saturated heterocycles. The van der Waals surface area contributed by atoms with Crippen molar-refractivity contribution in [3.8, 4) is 0 Å². The van der Waals surface area contributed by atoms with E-state index in [-0.39, 0.29) is 36.0 Å². The average molecular weight is 561 g/mol. The molecule has 0 aromatic heterocycles. The number of rotatable bonds is 10. The lowest BCUT2D eigenvalue weighted by Gasteiger charge is -2.35. The molecule has 0 amide bonds. The third-order valence-corrected chi connectivity index (χ3v) is 10.8. The maximum atomic E-state index is 13.1. The van der Waals surface area contributed by atoms with Gasteiger partial charge in [-0.3, -0.25) is 9.59 Å². The summed E-state index contributed by atoms with van der Waals surface area (Å²) < 4.78 is 24.6. The molecule has 5 saturated carbocycles. The molecule has 5 fully saturated rings. The maximum Gasteiger partial charge on any atom is 0.309 e. The quantitative estimate of drug-likeness (QED) is 0.255. The average Bonchev–Trinajstić information content (AvgIpc) is 3.01. The fourth-order valence-electron chi connectivity index (χ4n) is 8.01. The van der Waals surface area contributed by atoms with E-state index in [1.807, 2.05) is 0 Å². The molecule has 0 N–H and O–H groups in total. The molecule has 0 heterocycles. The standard InChI is InChI=1S/C34H56O6/c35-33(27-15-19-29(20-16-27)37-23-25-9-3-1-4-10-25)39-31-13-7-8-14-32(31)40-34(36)28-17-21-30(22-18-28)38-24-26-11-5-2-6-12-26/h25-32H,1-24H2. The third kappa shape index (κ3) is 9.18. The van der Waals surface area contributed by atoms with Gasteiger partial charge in [-0.05, 0) is 115 Å². The van der Waals surface area contributed by atoms with Crippen LogP contribution in [-0.4, -0.2) is 49.6 Å². The molecule has 228 valence electrons. The summed E-state index contributed by atoms with van der Waals surface area (Å²) in [5, 5.41) is 0. The number of ether oxygens (including phenoxy) is 4. The summed E-state index contributed by atoms with van der Waals surface area (Å²) >= 11 is 0. The molecule has 0 aromatic carbocycles. The Hall–Kier alpha value is -1.14. The number of hydrogen-bond acceptors (Lipinski definition) is 6. The summed E-state index contributed by atoms with van der Waals surface area (Å²) in [4.78, 5) is 26.2. The zero-order valence-electron chi connectivity index (χ0n) is 25.0. The zero-order valence-corrected chi connectivity index (χ0v) is 25.0. The van der Waals surface area contributed by atoms with Crippen LogP contribution in [0.3, 0.4) is 0 Å². The van der Waals surface area contributed by atoms with Crippen LogP contribution in [0.2, 0.25) is 0 Å². The highest BCUT2D eigenvalue weighted by atomic mass is 16.6. The van der Waals surface area contributed by atoms with E-state index in [1.165, 1.54) is 64.2 Å². The lowest BCUT2D eigenvalue weighted by atomic mass is 9.86. The van der Waals surface area contributed by atoms with Crippen molar-refractivity contribution >= 4 is 11.9 Å². The molecule has 0 radical (unpaired) electrons. The van der Waals surface area contributed by atoms with Crippen molar-refractivity contribution in [3.05, 3.63) is 0 Å². The monoisotopic (exact) mass is 560 g/mol. The van der Waals surface area contributed by atoms with Crippen molar-refractivity contribution in [1.29, 1.82) is 0 Å². The van der Waals surface area contributed by atoms with Gasteiger partial charge in [0.1, 0.15) is 12.2 Å². The molecule has 2 unspecified atom stereocenters. The third-order valence-electron chi connectivity index (χ3n) is 10.8. The molecule has 0 aromatic rings. The second-order valence-corrected chi connectivity index (χ2v) is 13.9. The van der Waals surface area contributed by atoms with Crippen LogP contribution < -0.4 is 0 Å². The molecule has 0 aliphatic heterocycles. The van der Waals surface area contributed by atoms with Crippen LogP contribution in [0.1, 0.15) is 141 Å². The van der Waals surface area contributed by atoms with Gasteiger partial charge in [0, 0.05) is 13.2 Å². The normalized spacial score (nSPS) is 34.7. The fourth-order valence-corrected chi connectivity index (χ4v) is 8.01. The van der Waals surface area contributed by atoms with Crippen LogP contribution in [0, 0.1) is 23.7 Å². The van der Waals surface area contributed by atoms with E-state index in [2.05, 4.69) is 0 Å². The van der Waals surface area contributed by atoms with Gasteiger partial charge in [-0.15, -0.1) is 0 Å². The van der Waals surface area contributed by atoms with Gasteiger partial charge >= 0.3 is 11.9 Å². The van der Waals surface area contributed by atoms with Crippen LogP contribution in [-0.2, 0) is 28.5 Å². The van der Waals surface area contributed by atoms with Crippen LogP contribution in [0.25, 0.3) is 0 Å². The molecular weight excluding hydrogens is 504 g/mol. The maximum absolute atomic E-state index is 13.1. The Morgan fingerprint density at radius 2 is 0.775 bits per heavy atom. The summed E-state index contributed by atoms with van der Waals surface area (Å²) in [6.07, 6.45) is 24.2. The second kappa shape index (κ2) is 15.9. The Balaban J connectivity index is 0.992. The molecular formula is C34H56O6. The highest BCUT2D eigenvalue weighted by molar-refractivity contribution is 5.74. The Morgan fingerprint density at radius 3 is 1.15 bits per heavy atom. The molecule has 6 nitrogen and oxygen atoms in total. The van der Waals surface area contributed by atoms with Crippen molar-refractivity contribution in [3.63, 3.8) is 0 Å². The fraction of sp³-hybridized carbons (Fsp3) is 0.941. The Bertz CT molecular complexity index is 692. The van der Waals surface area contributed by atoms with Gasteiger partial charge in [-0.25, -0.2) is 0 Å². The Morgan fingerprint density at radius 1 is 0.425 bits per heavy atom. The Labute approximate surface area is 243 Å². The summed E-state index contributed by atoms with van der Waals surface area (Å²) in [6.45, 7) is 1.79. The highest BCUT2D eigenvalue weighted by Gasteiger charge is 2.37. The molecule has 5 aliphatic rings. The van der Waals surface area contributed by atoms with Gasteiger partial charge in [-0.1, -0.05) is 38.5 Å². The van der Waals surface area contributed by atoms with E-state index < -0.39 is 0 Å². The Kier molecular flexibility index (Phi) is 12.1.